The monoisotopic (exact) mass is 238 g/mol. The maximum atomic E-state index is 11.5. The Morgan fingerprint density at radius 2 is 2.29 bits per heavy atom. The predicted octanol–water partition coefficient (Wildman–Crippen LogP) is 1.36. The summed E-state index contributed by atoms with van der Waals surface area (Å²) in [7, 11) is 1.33. The fourth-order valence-corrected chi connectivity index (χ4v) is 1.41. The zero-order valence-electron chi connectivity index (χ0n) is 10.4. The lowest BCUT2D eigenvalue weighted by Gasteiger charge is -2.17. The van der Waals surface area contributed by atoms with Gasteiger partial charge < -0.3 is 15.2 Å². The molecule has 94 valence electrons. The molecule has 1 aromatic heterocycles. The van der Waals surface area contributed by atoms with Crippen LogP contribution in [0.4, 0.5) is 5.82 Å². The van der Waals surface area contributed by atoms with E-state index in [4.69, 9.17) is 5.11 Å². The number of methoxy groups -OCH3 is 1. The van der Waals surface area contributed by atoms with Crippen LogP contribution >= 0.6 is 0 Å². The zero-order chi connectivity index (χ0) is 12.8. The van der Waals surface area contributed by atoms with Gasteiger partial charge in [0.1, 0.15) is 11.4 Å². The summed E-state index contributed by atoms with van der Waals surface area (Å²) in [5.41, 5.74) is 1.18. The van der Waals surface area contributed by atoms with Gasteiger partial charge in [0.15, 0.2) is 0 Å². The summed E-state index contributed by atoms with van der Waals surface area (Å²) >= 11 is 0. The number of pyridine rings is 1. The molecule has 0 radical (unpaired) electrons. The van der Waals surface area contributed by atoms with Gasteiger partial charge in [-0.2, -0.15) is 0 Å². The molecule has 1 aromatic rings. The number of hydrogen-bond donors (Lipinski definition) is 2. The number of anilines is 1. The molecule has 1 atom stereocenters. The molecule has 5 nitrogen and oxygen atoms in total. The first-order chi connectivity index (χ1) is 8.12. The Labute approximate surface area is 101 Å². The minimum Gasteiger partial charge on any atom is -0.465 e. The number of aryl methyl sites for hydroxylation is 1. The van der Waals surface area contributed by atoms with Gasteiger partial charge in [0, 0.05) is 5.69 Å². The van der Waals surface area contributed by atoms with Gasteiger partial charge >= 0.3 is 5.97 Å². The first kappa shape index (κ1) is 13.4. The van der Waals surface area contributed by atoms with Crippen molar-refractivity contribution in [3.05, 3.63) is 23.4 Å². The summed E-state index contributed by atoms with van der Waals surface area (Å²) in [5.74, 6) is 0.0190. The minimum atomic E-state index is -0.437. The molecule has 5 heteroatoms. The van der Waals surface area contributed by atoms with Crippen LogP contribution in [0.15, 0.2) is 12.1 Å². The van der Waals surface area contributed by atoms with Crippen molar-refractivity contribution in [2.75, 3.05) is 19.0 Å². The third-order valence-corrected chi connectivity index (χ3v) is 2.49. The number of aliphatic hydroxyl groups excluding tert-OH is 1. The van der Waals surface area contributed by atoms with Gasteiger partial charge in [-0.25, -0.2) is 9.78 Å². The second-order valence-corrected chi connectivity index (χ2v) is 3.77. The summed E-state index contributed by atoms with van der Waals surface area (Å²) in [6.07, 6.45) is 0.743. The van der Waals surface area contributed by atoms with Crippen molar-refractivity contribution in [2.24, 2.45) is 0 Å². The quantitative estimate of drug-likeness (QED) is 0.758. The molecule has 2 N–H and O–H groups in total. The number of hydrogen-bond acceptors (Lipinski definition) is 5. The van der Waals surface area contributed by atoms with Gasteiger partial charge in [0.2, 0.25) is 0 Å². The second kappa shape index (κ2) is 6.20. The lowest BCUT2D eigenvalue weighted by Crippen LogP contribution is -2.25. The molecule has 1 heterocycles. The van der Waals surface area contributed by atoms with E-state index in [2.05, 4.69) is 15.0 Å². The number of carbonyl (C=O) groups excluding carboxylic acids is 1. The summed E-state index contributed by atoms with van der Waals surface area (Å²) < 4.78 is 4.68. The number of nitrogens with zero attached hydrogens (tertiary/aromatic N) is 1. The highest BCUT2D eigenvalue weighted by atomic mass is 16.5. The van der Waals surface area contributed by atoms with E-state index in [-0.39, 0.29) is 12.6 Å². The molecular weight excluding hydrogens is 220 g/mol. The summed E-state index contributed by atoms with van der Waals surface area (Å²) in [5, 5.41) is 12.2. The third kappa shape index (κ3) is 3.42. The molecule has 0 unspecified atom stereocenters. The first-order valence-corrected chi connectivity index (χ1v) is 5.55. The van der Waals surface area contributed by atoms with Gasteiger partial charge in [-0.05, 0) is 25.5 Å². The maximum Gasteiger partial charge on any atom is 0.341 e. The predicted molar refractivity (Wildman–Crippen MR) is 65.1 cm³/mol. The van der Waals surface area contributed by atoms with Crippen LogP contribution in [-0.4, -0.2) is 35.8 Å². The van der Waals surface area contributed by atoms with Crippen LogP contribution < -0.4 is 5.32 Å². The molecule has 0 aliphatic rings. The lowest BCUT2D eigenvalue weighted by molar-refractivity contribution is 0.0601. The standard InChI is InChI=1S/C12H18N2O3/c1-4-9(7-15)14-11-10(12(16)17-3)6-5-8(2)13-11/h5-6,9,15H,4,7H2,1-3H3,(H,13,14)/t9-/m0/s1. The molecular formula is C12H18N2O3. The molecule has 0 saturated heterocycles. The Morgan fingerprint density at radius 1 is 1.59 bits per heavy atom. The SMILES string of the molecule is CC[C@@H](CO)Nc1nc(C)ccc1C(=O)OC. The Balaban J connectivity index is 3.02. The van der Waals surface area contributed by atoms with E-state index < -0.39 is 5.97 Å². The average molecular weight is 238 g/mol. The van der Waals surface area contributed by atoms with Gasteiger partial charge in [-0.15, -0.1) is 0 Å². The summed E-state index contributed by atoms with van der Waals surface area (Å²) in [4.78, 5) is 15.8. The first-order valence-electron chi connectivity index (χ1n) is 5.55. The van der Waals surface area contributed by atoms with E-state index >= 15 is 0 Å². The highest BCUT2D eigenvalue weighted by Gasteiger charge is 2.15. The van der Waals surface area contributed by atoms with E-state index in [0.717, 1.165) is 12.1 Å². The average Bonchev–Trinajstić information content (AvgIpc) is 2.35. The van der Waals surface area contributed by atoms with Crippen LogP contribution in [0.25, 0.3) is 0 Å². The summed E-state index contributed by atoms with van der Waals surface area (Å²) in [6.45, 7) is 3.78. The minimum absolute atomic E-state index is 0.00721. The molecule has 0 amide bonds. The number of aliphatic hydroxyl groups is 1. The smallest absolute Gasteiger partial charge is 0.341 e. The van der Waals surface area contributed by atoms with Crippen LogP contribution in [0.5, 0.6) is 0 Å². The summed E-state index contributed by atoms with van der Waals surface area (Å²) in [6, 6.07) is 3.30. The number of nitrogens with one attached hydrogen (secondary N) is 1. The molecule has 0 aromatic carbocycles. The fraction of sp³-hybridized carbons (Fsp3) is 0.500. The van der Waals surface area contributed by atoms with Crippen molar-refractivity contribution in [1.82, 2.24) is 4.98 Å². The van der Waals surface area contributed by atoms with Crippen LogP contribution in [0.1, 0.15) is 29.4 Å². The largest absolute Gasteiger partial charge is 0.465 e. The zero-order valence-corrected chi connectivity index (χ0v) is 10.4. The molecule has 0 aliphatic carbocycles. The topological polar surface area (TPSA) is 71.5 Å². The van der Waals surface area contributed by atoms with Crippen LogP contribution in [-0.2, 0) is 4.74 Å². The van der Waals surface area contributed by atoms with Crippen molar-refractivity contribution in [3.8, 4) is 0 Å². The van der Waals surface area contributed by atoms with Crippen molar-refractivity contribution in [3.63, 3.8) is 0 Å². The van der Waals surface area contributed by atoms with E-state index in [1.54, 1.807) is 12.1 Å². The molecule has 0 spiro atoms. The normalized spacial score (nSPS) is 12.0. The molecule has 1 rings (SSSR count). The van der Waals surface area contributed by atoms with Crippen molar-refractivity contribution in [2.45, 2.75) is 26.3 Å². The Morgan fingerprint density at radius 3 is 2.82 bits per heavy atom. The number of ether oxygens (including phenoxy) is 1. The lowest BCUT2D eigenvalue weighted by atomic mass is 10.2. The number of rotatable bonds is 5. The van der Waals surface area contributed by atoms with E-state index in [0.29, 0.717) is 11.4 Å². The van der Waals surface area contributed by atoms with Crippen LogP contribution in [0.3, 0.4) is 0 Å². The van der Waals surface area contributed by atoms with E-state index in [9.17, 15) is 4.79 Å². The third-order valence-electron chi connectivity index (χ3n) is 2.49. The molecule has 0 bridgehead atoms. The van der Waals surface area contributed by atoms with Gasteiger partial charge in [-0.1, -0.05) is 6.92 Å². The highest BCUT2D eigenvalue weighted by Crippen LogP contribution is 2.16. The van der Waals surface area contributed by atoms with Crippen molar-refractivity contribution < 1.29 is 14.6 Å². The van der Waals surface area contributed by atoms with Crippen LogP contribution in [0.2, 0.25) is 0 Å². The van der Waals surface area contributed by atoms with Crippen molar-refractivity contribution in [1.29, 1.82) is 0 Å². The van der Waals surface area contributed by atoms with Crippen LogP contribution in [0, 0.1) is 6.92 Å². The number of esters is 1. The molecule has 17 heavy (non-hydrogen) atoms. The number of aromatic nitrogens is 1. The Bertz CT molecular complexity index is 389. The second-order valence-electron chi connectivity index (χ2n) is 3.77. The Hall–Kier alpha value is -1.62. The van der Waals surface area contributed by atoms with Gasteiger partial charge in [0.25, 0.3) is 0 Å². The highest BCUT2D eigenvalue weighted by molar-refractivity contribution is 5.94. The molecule has 0 saturated carbocycles. The van der Waals surface area contributed by atoms with Gasteiger partial charge in [0.05, 0.1) is 19.8 Å². The maximum absolute atomic E-state index is 11.5. The van der Waals surface area contributed by atoms with E-state index in [1.165, 1.54) is 7.11 Å². The molecule has 0 aliphatic heterocycles. The molecule has 0 fully saturated rings. The fourth-order valence-electron chi connectivity index (χ4n) is 1.41. The van der Waals surface area contributed by atoms with Gasteiger partial charge in [-0.3, -0.25) is 0 Å². The Kier molecular flexibility index (Phi) is 4.90. The van der Waals surface area contributed by atoms with E-state index in [1.807, 2.05) is 13.8 Å². The van der Waals surface area contributed by atoms with Crippen molar-refractivity contribution >= 4 is 11.8 Å². The number of carbonyl (C=O) groups is 1.